The standard InChI is InChI=1S/C74H139N2O6P/c1-6-8-10-12-14-16-18-20-22-24-26-28-30-31-32-33-34-35-36-37-38-39-40-41-42-43-44-45-46-48-50-52-54-56-58-60-62-64-66-68-74(78)75-72(71-82-83(79,80)81-70-69-76(3,4)5)73(77)67-65-63-61-59-57-55-53-51-49-47-29-27-25-23-21-19-17-15-13-11-9-7-2/h8,10,14,16,20,22,26,28,31-32,34-35,72-73,77H,6-7,9,11-13,15,17-19,21,23-25,27,29-30,33,36-71H2,1-5H3,(H-,75,78,79,80)/p+1/b10-8-,16-14-,22-20-,28-26-,32-31-,35-34-. The van der Waals surface area contributed by atoms with E-state index in [1.54, 1.807) is 0 Å². The number of aliphatic hydroxyl groups is 1. The van der Waals surface area contributed by atoms with Crippen LogP contribution in [-0.2, 0) is 18.4 Å². The van der Waals surface area contributed by atoms with Crippen molar-refractivity contribution in [3.63, 3.8) is 0 Å². The summed E-state index contributed by atoms with van der Waals surface area (Å²) < 4.78 is 23.9. The summed E-state index contributed by atoms with van der Waals surface area (Å²) in [6.07, 6.45) is 90.1. The first kappa shape index (κ1) is 80.9. The Hall–Kier alpha value is -2.06. The van der Waals surface area contributed by atoms with Gasteiger partial charge in [0.1, 0.15) is 13.2 Å². The smallest absolute Gasteiger partial charge is 0.391 e. The average Bonchev–Trinajstić information content (AvgIpc) is 3.50. The SMILES string of the molecule is CC/C=C\C/C=C\C/C=C\C/C=C\C/C=C\C/C=C\CCCCCCCCCCCCCCCCCCCCCCC(=O)NC(COP(=O)(O)OCC[N+](C)(C)C)C(O)CCCCCCCCCCCCCCCCCCCCCCCC. The number of amides is 1. The van der Waals surface area contributed by atoms with Crippen molar-refractivity contribution in [3.8, 4) is 0 Å². The number of phosphoric ester groups is 1. The maximum Gasteiger partial charge on any atom is 0.472 e. The Morgan fingerprint density at radius 1 is 0.422 bits per heavy atom. The normalized spacial score (nSPS) is 14.1. The van der Waals surface area contributed by atoms with Crippen LogP contribution in [0.25, 0.3) is 0 Å². The van der Waals surface area contributed by atoms with E-state index in [1.807, 2.05) is 21.1 Å². The van der Waals surface area contributed by atoms with E-state index in [1.165, 1.54) is 238 Å². The van der Waals surface area contributed by atoms with Gasteiger partial charge in [-0.25, -0.2) is 4.57 Å². The molecule has 0 fully saturated rings. The summed E-state index contributed by atoms with van der Waals surface area (Å²) in [4.78, 5) is 23.5. The summed E-state index contributed by atoms with van der Waals surface area (Å²) in [5.41, 5.74) is 0. The second-order valence-electron chi connectivity index (χ2n) is 25.6. The van der Waals surface area contributed by atoms with Crippen LogP contribution in [0.4, 0.5) is 0 Å². The van der Waals surface area contributed by atoms with Crippen molar-refractivity contribution in [2.75, 3.05) is 40.9 Å². The van der Waals surface area contributed by atoms with Crippen LogP contribution in [0.1, 0.15) is 341 Å². The van der Waals surface area contributed by atoms with Crippen LogP contribution in [0.3, 0.4) is 0 Å². The molecule has 3 atom stereocenters. The zero-order valence-electron chi connectivity index (χ0n) is 55.7. The summed E-state index contributed by atoms with van der Waals surface area (Å²) in [6.45, 7) is 4.82. The number of rotatable bonds is 66. The summed E-state index contributed by atoms with van der Waals surface area (Å²) in [5.74, 6) is -0.139. The van der Waals surface area contributed by atoms with Gasteiger partial charge in [0.25, 0.3) is 0 Å². The number of aliphatic hydroxyl groups excluding tert-OH is 1. The molecule has 0 radical (unpaired) electrons. The number of carbonyl (C=O) groups excluding carboxylic acids is 1. The topological polar surface area (TPSA) is 105 Å². The number of hydrogen-bond donors (Lipinski definition) is 3. The molecule has 0 bridgehead atoms. The van der Waals surface area contributed by atoms with Gasteiger partial charge in [-0.1, -0.05) is 344 Å². The Balaban J connectivity index is 3.96. The second-order valence-corrected chi connectivity index (χ2v) is 27.0. The molecule has 9 heteroatoms. The van der Waals surface area contributed by atoms with Crippen LogP contribution in [0.5, 0.6) is 0 Å². The molecule has 0 rings (SSSR count). The van der Waals surface area contributed by atoms with E-state index >= 15 is 0 Å². The lowest BCUT2D eigenvalue weighted by molar-refractivity contribution is -0.870. The molecule has 0 aliphatic carbocycles. The third kappa shape index (κ3) is 67.3. The van der Waals surface area contributed by atoms with Gasteiger partial charge >= 0.3 is 7.82 Å². The van der Waals surface area contributed by atoms with Crippen molar-refractivity contribution in [1.82, 2.24) is 5.32 Å². The first-order valence-corrected chi connectivity index (χ1v) is 37.3. The van der Waals surface area contributed by atoms with Crippen LogP contribution in [0, 0.1) is 0 Å². The highest BCUT2D eigenvalue weighted by atomic mass is 31.2. The van der Waals surface area contributed by atoms with E-state index in [2.05, 4.69) is 92.1 Å². The molecule has 0 aliphatic rings. The van der Waals surface area contributed by atoms with Crippen molar-refractivity contribution in [1.29, 1.82) is 0 Å². The van der Waals surface area contributed by atoms with E-state index < -0.39 is 20.0 Å². The molecule has 0 aromatic heterocycles. The molecule has 0 saturated carbocycles. The monoisotopic (exact) mass is 1180 g/mol. The van der Waals surface area contributed by atoms with Crippen LogP contribution in [0.15, 0.2) is 72.9 Å². The van der Waals surface area contributed by atoms with Crippen LogP contribution >= 0.6 is 7.82 Å². The molecule has 0 saturated heterocycles. The maximum atomic E-state index is 13.1. The minimum absolute atomic E-state index is 0.0753. The van der Waals surface area contributed by atoms with Gasteiger partial charge in [-0.2, -0.15) is 0 Å². The Morgan fingerprint density at radius 2 is 0.723 bits per heavy atom. The molecule has 0 aromatic carbocycles. The lowest BCUT2D eigenvalue weighted by atomic mass is 10.0. The van der Waals surface area contributed by atoms with E-state index in [4.69, 9.17) is 9.05 Å². The molecule has 0 heterocycles. The van der Waals surface area contributed by atoms with E-state index in [0.29, 0.717) is 23.9 Å². The zero-order valence-corrected chi connectivity index (χ0v) is 56.6. The molecule has 3 unspecified atom stereocenters. The number of phosphoric acid groups is 1. The molecule has 3 N–H and O–H groups in total. The fraction of sp³-hybridized carbons (Fsp3) is 0.824. The lowest BCUT2D eigenvalue weighted by Crippen LogP contribution is -2.46. The molecular weight excluding hydrogens is 1040 g/mol. The second kappa shape index (κ2) is 64.4. The van der Waals surface area contributed by atoms with E-state index in [9.17, 15) is 19.4 Å². The summed E-state index contributed by atoms with van der Waals surface area (Å²) in [7, 11) is 1.63. The van der Waals surface area contributed by atoms with Gasteiger partial charge < -0.3 is 19.8 Å². The number of nitrogens with zero attached hydrogens (tertiary/aromatic N) is 1. The van der Waals surface area contributed by atoms with Crippen LogP contribution < -0.4 is 5.32 Å². The molecule has 83 heavy (non-hydrogen) atoms. The fourth-order valence-electron chi connectivity index (χ4n) is 10.7. The van der Waals surface area contributed by atoms with Gasteiger partial charge in [0.05, 0.1) is 39.9 Å². The number of allylic oxidation sites excluding steroid dienone is 12. The van der Waals surface area contributed by atoms with Gasteiger partial charge in [-0.3, -0.25) is 13.8 Å². The molecule has 486 valence electrons. The molecule has 1 amide bonds. The quantitative estimate of drug-likeness (QED) is 0.0243. The van der Waals surface area contributed by atoms with E-state index in [-0.39, 0.29) is 19.1 Å². The Morgan fingerprint density at radius 3 is 1.06 bits per heavy atom. The summed E-state index contributed by atoms with van der Waals surface area (Å²) >= 11 is 0. The van der Waals surface area contributed by atoms with Crippen molar-refractivity contribution in [3.05, 3.63) is 72.9 Å². The van der Waals surface area contributed by atoms with Gasteiger partial charge in [0.15, 0.2) is 0 Å². The lowest BCUT2D eigenvalue weighted by Gasteiger charge is -2.26. The average molecular weight is 1180 g/mol. The Bertz CT molecular complexity index is 1580. The van der Waals surface area contributed by atoms with Crippen LogP contribution in [0.2, 0.25) is 0 Å². The highest BCUT2D eigenvalue weighted by Crippen LogP contribution is 2.43. The summed E-state index contributed by atoms with van der Waals surface area (Å²) in [5, 5.41) is 14.1. The minimum atomic E-state index is -4.33. The minimum Gasteiger partial charge on any atom is -0.391 e. The Labute approximate surface area is 516 Å². The van der Waals surface area contributed by atoms with Crippen molar-refractivity contribution >= 4 is 13.7 Å². The van der Waals surface area contributed by atoms with Crippen molar-refractivity contribution in [2.24, 2.45) is 0 Å². The third-order valence-electron chi connectivity index (χ3n) is 16.2. The highest BCUT2D eigenvalue weighted by Gasteiger charge is 2.28. The largest absolute Gasteiger partial charge is 0.472 e. The highest BCUT2D eigenvalue weighted by molar-refractivity contribution is 7.47. The van der Waals surface area contributed by atoms with E-state index in [0.717, 1.165) is 77.0 Å². The number of unbranched alkanes of at least 4 members (excludes halogenated alkanes) is 41. The number of nitrogens with one attached hydrogen (secondary N) is 1. The van der Waals surface area contributed by atoms with Gasteiger partial charge in [-0.15, -0.1) is 0 Å². The fourth-order valence-corrected chi connectivity index (χ4v) is 11.4. The number of hydrogen-bond acceptors (Lipinski definition) is 5. The first-order valence-electron chi connectivity index (χ1n) is 35.8. The first-order chi connectivity index (χ1) is 40.5. The molecule has 0 aromatic rings. The molecule has 8 nitrogen and oxygen atoms in total. The predicted octanol–water partition coefficient (Wildman–Crippen LogP) is 22.9. The molecular formula is C74H140N2O6P+. The van der Waals surface area contributed by atoms with Crippen molar-refractivity contribution in [2.45, 2.75) is 353 Å². The molecule has 0 spiro atoms. The molecule has 0 aliphatic heterocycles. The number of carbonyl (C=O) groups is 1. The Kier molecular flexibility index (Phi) is 62.8. The third-order valence-corrected chi connectivity index (χ3v) is 17.2. The van der Waals surface area contributed by atoms with Gasteiger partial charge in [-0.05, 0) is 64.2 Å². The zero-order chi connectivity index (χ0) is 60.5. The number of quaternary nitrogens is 1. The van der Waals surface area contributed by atoms with Crippen LogP contribution in [-0.4, -0.2) is 73.4 Å². The van der Waals surface area contributed by atoms with Gasteiger partial charge in [0.2, 0.25) is 5.91 Å². The van der Waals surface area contributed by atoms with Gasteiger partial charge in [0, 0.05) is 6.42 Å². The van der Waals surface area contributed by atoms with Crippen molar-refractivity contribution < 1.29 is 32.9 Å². The predicted molar refractivity (Wildman–Crippen MR) is 364 cm³/mol. The summed E-state index contributed by atoms with van der Waals surface area (Å²) in [6, 6.07) is -0.762. The maximum absolute atomic E-state index is 13.1. The number of likely N-dealkylation sites (N-methyl/N-ethyl adjacent to an activating group) is 1.